The molecule has 2 aliphatic rings. The molecule has 0 aromatic heterocycles. The first-order chi connectivity index (χ1) is 9.69. The zero-order chi connectivity index (χ0) is 14.1. The van der Waals surface area contributed by atoms with E-state index in [1.54, 1.807) is 0 Å². The molecule has 1 aromatic carbocycles. The summed E-state index contributed by atoms with van der Waals surface area (Å²) in [5.74, 6) is 0.931. The molecule has 110 valence electrons. The lowest BCUT2D eigenvalue weighted by molar-refractivity contribution is 0.137. The molecule has 4 nitrogen and oxygen atoms in total. The lowest BCUT2D eigenvalue weighted by Crippen LogP contribution is -2.37. The normalized spacial score (nSPS) is 27.1. The Bertz CT molecular complexity index is 472. The van der Waals surface area contributed by atoms with Gasteiger partial charge < -0.3 is 20.1 Å². The second kappa shape index (κ2) is 5.62. The molecule has 2 heterocycles. The monoisotopic (exact) mass is 276 g/mol. The van der Waals surface area contributed by atoms with Crippen LogP contribution in [0.1, 0.15) is 37.9 Å². The van der Waals surface area contributed by atoms with Gasteiger partial charge in [-0.05, 0) is 43.5 Å². The molecule has 2 N–H and O–H groups in total. The highest BCUT2D eigenvalue weighted by Crippen LogP contribution is 2.36. The summed E-state index contributed by atoms with van der Waals surface area (Å²) in [4.78, 5) is 2.23. The topological polar surface area (TPSA) is 44.7 Å². The lowest BCUT2D eigenvalue weighted by atomic mass is 9.99. The van der Waals surface area contributed by atoms with Gasteiger partial charge in [-0.3, -0.25) is 0 Å². The zero-order valence-electron chi connectivity index (χ0n) is 12.3. The number of benzene rings is 1. The van der Waals surface area contributed by atoms with Crippen molar-refractivity contribution in [2.24, 2.45) is 0 Å². The van der Waals surface area contributed by atoms with Gasteiger partial charge in [0, 0.05) is 13.1 Å². The Kier molecular flexibility index (Phi) is 3.85. The van der Waals surface area contributed by atoms with Crippen molar-refractivity contribution in [2.75, 3.05) is 25.0 Å². The Labute approximate surface area is 120 Å². The minimum Gasteiger partial charge on any atom is -0.486 e. The van der Waals surface area contributed by atoms with Gasteiger partial charge in [0.2, 0.25) is 0 Å². The Morgan fingerprint density at radius 3 is 3.05 bits per heavy atom. The summed E-state index contributed by atoms with van der Waals surface area (Å²) in [6, 6.07) is 6.26. The molecule has 2 aliphatic heterocycles. The van der Waals surface area contributed by atoms with E-state index in [2.05, 4.69) is 30.3 Å². The third-order valence-electron chi connectivity index (χ3n) is 4.44. The molecule has 0 aliphatic carbocycles. The molecule has 3 unspecified atom stereocenters. The van der Waals surface area contributed by atoms with Crippen molar-refractivity contribution in [1.29, 1.82) is 0 Å². The highest BCUT2D eigenvalue weighted by atomic mass is 16.5. The van der Waals surface area contributed by atoms with Crippen molar-refractivity contribution in [3.63, 3.8) is 0 Å². The molecule has 4 heteroatoms. The molecule has 0 spiro atoms. The van der Waals surface area contributed by atoms with Crippen LogP contribution < -0.4 is 15.0 Å². The minimum absolute atomic E-state index is 0.186. The minimum atomic E-state index is -0.430. The number of nitrogens with zero attached hydrogens (tertiary/aromatic N) is 1. The number of likely N-dealkylation sites (N-methyl/N-ethyl adjacent to an activating group) is 1. The lowest BCUT2D eigenvalue weighted by Gasteiger charge is -2.34. The number of hydrogen-bond acceptors (Lipinski definition) is 4. The number of fused-ring (bicyclic) bond motifs is 1. The molecule has 0 saturated carbocycles. The Hall–Kier alpha value is -1.26. The molecule has 1 aromatic rings. The first kappa shape index (κ1) is 13.7. The van der Waals surface area contributed by atoms with Gasteiger partial charge in [-0.2, -0.15) is 0 Å². The first-order valence-corrected chi connectivity index (χ1v) is 7.62. The Morgan fingerprint density at radius 2 is 2.35 bits per heavy atom. The summed E-state index contributed by atoms with van der Waals surface area (Å²) in [6.07, 6.45) is 3.04. The number of rotatable bonds is 3. The summed E-state index contributed by atoms with van der Waals surface area (Å²) in [7, 11) is 2.09. The second-order valence-electron chi connectivity index (χ2n) is 5.90. The zero-order valence-corrected chi connectivity index (χ0v) is 12.3. The summed E-state index contributed by atoms with van der Waals surface area (Å²) in [5, 5.41) is 13.9. The van der Waals surface area contributed by atoms with Gasteiger partial charge >= 0.3 is 0 Å². The van der Waals surface area contributed by atoms with Gasteiger partial charge in [-0.25, -0.2) is 0 Å². The van der Waals surface area contributed by atoms with Gasteiger partial charge in [-0.15, -0.1) is 0 Å². The maximum Gasteiger partial charge on any atom is 0.143 e. The summed E-state index contributed by atoms with van der Waals surface area (Å²) in [5.41, 5.74) is 2.07. The van der Waals surface area contributed by atoms with E-state index in [-0.39, 0.29) is 12.1 Å². The molecule has 1 fully saturated rings. The number of nitrogens with one attached hydrogen (secondary N) is 1. The van der Waals surface area contributed by atoms with Gasteiger partial charge in [-0.1, -0.05) is 13.0 Å². The van der Waals surface area contributed by atoms with Crippen molar-refractivity contribution < 1.29 is 9.84 Å². The Morgan fingerprint density at radius 1 is 1.50 bits per heavy atom. The smallest absolute Gasteiger partial charge is 0.143 e. The predicted molar refractivity (Wildman–Crippen MR) is 80.4 cm³/mol. The van der Waals surface area contributed by atoms with E-state index >= 15 is 0 Å². The largest absolute Gasteiger partial charge is 0.486 e. The van der Waals surface area contributed by atoms with Crippen LogP contribution >= 0.6 is 0 Å². The van der Waals surface area contributed by atoms with Crippen LogP contribution in [-0.4, -0.2) is 37.4 Å². The van der Waals surface area contributed by atoms with Crippen LogP contribution in [0, 0.1) is 0 Å². The number of ether oxygens (including phenoxy) is 1. The van der Waals surface area contributed by atoms with Crippen LogP contribution in [-0.2, 0) is 0 Å². The summed E-state index contributed by atoms with van der Waals surface area (Å²) >= 11 is 0. The molecule has 0 bridgehead atoms. The second-order valence-corrected chi connectivity index (χ2v) is 5.90. The van der Waals surface area contributed by atoms with Crippen molar-refractivity contribution in [2.45, 2.75) is 44.4 Å². The van der Waals surface area contributed by atoms with E-state index in [0.717, 1.165) is 49.4 Å². The average Bonchev–Trinajstić information content (AvgIpc) is 3.00. The number of aliphatic hydroxyl groups excluding tert-OH is 1. The predicted octanol–water partition coefficient (Wildman–Crippen LogP) is 2.08. The SMILES string of the molecule is CCC1CN(C)c2cc(C(O)C3CCCN3)ccc2O1. The third-order valence-corrected chi connectivity index (χ3v) is 4.44. The van der Waals surface area contributed by atoms with E-state index < -0.39 is 6.10 Å². The highest BCUT2D eigenvalue weighted by molar-refractivity contribution is 5.61. The maximum absolute atomic E-state index is 10.5. The molecule has 1 saturated heterocycles. The number of aliphatic hydroxyl groups is 1. The maximum atomic E-state index is 10.5. The van der Waals surface area contributed by atoms with E-state index in [4.69, 9.17) is 4.74 Å². The van der Waals surface area contributed by atoms with Crippen LogP contribution in [0.25, 0.3) is 0 Å². The molecule has 3 rings (SSSR count). The molecule has 20 heavy (non-hydrogen) atoms. The van der Waals surface area contributed by atoms with Crippen LogP contribution in [0.3, 0.4) is 0 Å². The Balaban J connectivity index is 1.83. The fourth-order valence-corrected chi connectivity index (χ4v) is 3.16. The molecule has 3 atom stereocenters. The van der Waals surface area contributed by atoms with Gasteiger partial charge in [0.15, 0.2) is 0 Å². The number of anilines is 1. The fraction of sp³-hybridized carbons (Fsp3) is 0.625. The van der Waals surface area contributed by atoms with Crippen LogP contribution in [0.4, 0.5) is 5.69 Å². The van der Waals surface area contributed by atoms with E-state index in [1.807, 2.05) is 12.1 Å². The van der Waals surface area contributed by atoms with E-state index in [0.29, 0.717) is 0 Å². The number of hydrogen-bond donors (Lipinski definition) is 2. The quantitative estimate of drug-likeness (QED) is 0.887. The molecule has 0 radical (unpaired) electrons. The van der Waals surface area contributed by atoms with E-state index in [9.17, 15) is 5.11 Å². The van der Waals surface area contributed by atoms with Crippen LogP contribution in [0.5, 0.6) is 5.75 Å². The average molecular weight is 276 g/mol. The fourth-order valence-electron chi connectivity index (χ4n) is 3.16. The standard InChI is InChI=1S/C16H24N2O2/c1-3-12-10-18(2)14-9-11(6-7-15(14)20-12)16(19)13-5-4-8-17-13/h6-7,9,12-13,16-17,19H,3-5,8,10H2,1-2H3. The summed E-state index contributed by atoms with van der Waals surface area (Å²) in [6.45, 7) is 4.06. The van der Waals surface area contributed by atoms with Gasteiger partial charge in [0.05, 0.1) is 18.3 Å². The first-order valence-electron chi connectivity index (χ1n) is 7.62. The molecular formula is C16H24N2O2. The van der Waals surface area contributed by atoms with Crippen molar-refractivity contribution >= 4 is 5.69 Å². The van der Waals surface area contributed by atoms with Crippen molar-refractivity contribution in [3.8, 4) is 5.75 Å². The van der Waals surface area contributed by atoms with Crippen molar-refractivity contribution in [3.05, 3.63) is 23.8 Å². The van der Waals surface area contributed by atoms with E-state index in [1.165, 1.54) is 0 Å². The van der Waals surface area contributed by atoms with Crippen molar-refractivity contribution in [1.82, 2.24) is 5.32 Å². The highest BCUT2D eigenvalue weighted by Gasteiger charge is 2.27. The third kappa shape index (κ3) is 2.50. The molecule has 0 amide bonds. The summed E-state index contributed by atoms with van der Waals surface area (Å²) < 4.78 is 5.97. The van der Waals surface area contributed by atoms with Crippen LogP contribution in [0.15, 0.2) is 18.2 Å². The van der Waals surface area contributed by atoms with Gasteiger partial charge in [0.25, 0.3) is 0 Å². The van der Waals surface area contributed by atoms with Crippen LogP contribution in [0.2, 0.25) is 0 Å². The molecular weight excluding hydrogens is 252 g/mol. The van der Waals surface area contributed by atoms with Gasteiger partial charge in [0.1, 0.15) is 11.9 Å².